The van der Waals surface area contributed by atoms with Crippen LogP contribution in [0.1, 0.15) is 49.3 Å². The second-order valence-electron chi connectivity index (χ2n) is 11.6. The van der Waals surface area contributed by atoms with Crippen molar-refractivity contribution in [1.29, 1.82) is 0 Å². The summed E-state index contributed by atoms with van der Waals surface area (Å²) in [4.78, 5) is 14.7. The molecular formula is C32H29F6N5O5. The molecule has 4 aromatic rings. The van der Waals surface area contributed by atoms with Crippen LogP contribution >= 0.6 is 0 Å². The maximum Gasteiger partial charge on any atom is 0.426 e. The highest BCUT2D eigenvalue weighted by molar-refractivity contribution is 5.68. The first-order chi connectivity index (χ1) is 22.6. The molecule has 1 aliphatic heterocycles. The molecule has 4 bridgehead atoms. The van der Waals surface area contributed by atoms with Crippen molar-refractivity contribution in [3.05, 3.63) is 112 Å². The van der Waals surface area contributed by atoms with Gasteiger partial charge in [0.15, 0.2) is 0 Å². The molecule has 0 saturated heterocycles. The molecule has 1 unspecified atom stereocenters. The van der Waals surface area contributed by atoms with E-state index in [1.165, 1.54) is 26.0 Å². The third-order valence-corrected chi connectivity index (χ3v) is 7.73. The van der Waals surface area contributed by atoms with Gasteiger partial charge in [-0.25, -0.2) is 4.98 Å². The molecule has 254 valence electrons. The second kappa shape index (κ2) is 13.4. The molecule has 0 amide bonds. The molecular weight excluding hydrogens is 648 g/mol. The van der Waals surface area contributed by atoms with Crippen LogP contribution in [0, 0.1) is 10.1 Å². The molecule has 0 aliphatic carbocycles. The van der Waals surface area contributed by atoms with Crippen molar-refractivity contribution in [3.8, 4) is 11.6 Å². The summed E-state index contributed by atoms with van der Waals surface area (Å²) in [5.74, 6) is -2.89. The fourth-order valence-corrected chi connectivity index (χ4v) is 5.10. The first kappa shape index (κ1) is 34.5. The molecule has 3 heterocycles. The van der Waals surface area contributed by atoms with Gasteiger partial charge in [0, 0.05) is 12.5 Å². The lowest BCUT2D eigenvalue weighted by atomic mass is 9.92. The van der Waals surface area contributed by atoms with Crippen LogP contribution in [0.4, 0.5) is 37.8 Å². The molecule has 10 nitrogen and oxygen atoms in total. The quantitative estimate of drug-likeness (QED) is 0.0893. The van der Waals surface area contributed by atoms with E-state index in [1.807, 2.05) is 0 Å². The summed E-state index contributed by atoms with van der Waals surface area (Å²) >= 11 is 0. The minimum atomic E-state index is -5.18. The highest BCUT2D eigenvalue weighted by atomic mass is 19.4. The molecule has 2 atom stereocenters. The minimum absolute atomic E-state index is 0.0175. The van der Waals surface area contributed by atoms with Gasteiger partial charge in [-0.1, -0.05) is 72.8 Å². The van der Waals surface area contributed by atoms with Gasteiger partial charge >= 0.3 is 18.0 Å². The number of nitro groups is 1. The number of alkyl halides is 6. The number of hydrogen-bond acceptors (Lipinski definition) is 9. The summed E-state index contributed by atoms with van der Waals surface area (Å²) in [7, 11) is 0. The van der Waals surface area contributed by atoms with Crippen LogP contribution in [0.2, 0.25) is 0 Å². The monoisotopic (exact) mass is 677 g/mol. The molecule has 0 spiro atoms. The normalized spacial score (nSPS) is 20.4. The van der Waals surface area contributed by atoms with E-state index in [2.05, 4.69) is 20.5 Å². The molecule has 5 rings (SSSR count). The Bertz CT molecular complexity index is 1760. The molecule has 0 saturated carbocycles. The molecule has 2 aromatic heterocycles. The Kier molecular flexibility index (Phi) is 9.60. The number of ether oxygens (including phenoxy) is 2. The van der Waals surface area contributed by atoms with Crippen LogP contribution in [0.15, 0.2) is 83.3 Å². The maximum atomic E-state index is 15.1. The molecule has 16 heteroatoms. The Morgan fingerprint density at radius 2 is 1.58 bits per heavy atom. The number of nitrogens with zero attached hydrogens (tertiary/aromatic N) is 4. The first-order valence-electron chi connectivity index (χ1n) is 14.5. The Balaban J connectivity index is 1.69. The Morgan fingerprint density at radius 3 is 2.17 bits per heavy atom. The van der Waals surface area contributed by atoms with Crippen molar-refractivity contribution in [2.45, 2.75) is 69.5 Å². The SMILES string of the molecule is CC1(C)Nc2nc(c([N+](=O)[O-])cc2C(F)(F)F)-c2nnc(o2)[C@@](OCc2ccccc2)(C(F)(F)F)C/C=C\CC1OCc1ccccc1. The molecule has 0 fully saturated rings. The Labute approximate surface area is 269 Å². The van der Waals surface area contributed by atoms with E-state index in [1.54, 1.807) is 60.7 Å². The zero-order chi connectivity index (χ0) is 34.7. The summed E-state index contributed by atoms with van der Waals surface area (Å²) in [6, 6.07) is 17.0. The smallest absolute Gasteiger partial charge is 0.415 e. The van der Waals surface area contributed by atoms with Crippen molar-refractivity contribution < 1.29 is 45.2 Å². The summed E-state index contributed by atoms with van der Waals surface area (Å²) in [5.41, 5.74) is -7.10. The molecule has 1 aliphatic rings. The van der Waals surface area contributed by atoms with E-state index < -0.39 is 82.1 Å². The summed E-state index contributed by atoms with van der Waals surface area (Å²) in [5, 5.41) is 21.8. The lowest BCUT2D eigenvalue weighted by Gasteiger charge is -2.36. The van der Waals surface area contributed by atoms with Crippen LogP contribution in [0.3, 0.4) is 0 Å². The van der Waals surface area contributed by atoms with Gasteiger partial charge in [-0.3, -0.25) is 10.1 Å². The average molecular weight is 678 g/mol. The van der Waals surface area contributed by atoms with E-state index in [9.17, 15) is 23.3 Å². The predicted octanol–water partition coefficient (Wildman–Crippen LogP) is 8.16. The van der Waals surface area contributed by atoms with Gasteiger partial charge in [-0.05, 0) is 31.4 Å². The predicted molar refractivity (Wildman–Crippen MR) is 159 cm³/mol. The van der Waals surface area contributed by atoms with E-state index in [0.717, 1.165) is 5.56 Å². The average Bonchev–Trinajstić information content (AvgIpc) is 3.51. The number of aromatic nitrogens is 3. The van der Waals surface area contributed by atoms with Crippen LogP contribution in [-0.4, -0.2) is 37.9 Å². The van der Waals surface area contributed by atoms with Crippen LogP contribution < -0.4 is 5.32 Å². The Hall–Kier alpha value is -4.83. The fraction of sp³-hybridized carbons (Fsp3) is 0.344. The highest BCUT2D eigenvalue weighted by Gasteiger charge is 2.61. The fourth-order valence-electron chi connectivity index (χ4n) is 5.10. The number of hydrogen-bond donors (Lipinski definition) is 1. The van der Waals surface area contributed by atoms with Gasteiger partial charge in [-0.15, -0.1) is 10.2 Å². The van der Waals surface area contributed by atoms with Crippen LogP contribution in [-0.2, 0) is 34.5 Å². The second-order valence-corrected chi connectivity index (χ2v) is 11.6. The van der Waals surface area contributed by atoms with Gasteiger partial charge in [0.05, 0.1) is 29.8 Å². The molecule has 0 radical (unpaired) electrons. The van der Waals surface area contributed by atoms with E-state index in [0.29, 0.717) is 5.56 Å². The Morgan fingerprint density at radius 1 is 0.958 bits per heavy atom. The van der Waals surface area contributed by atoms with Crippen molar-refractivity contribution in [3.63, 3.8) is 0 Å². The topological polar surface area (TPSA) is 125 Å². The van der Waals surface area contributed by atoms with Gasteiger partial charge in [0.25, 0.3) is 11.8 Å². The van der Waals surface area contributed by atoms with Crippen molar-refractivity contribution >= 4 is 11.5 Å². The third kappa shape index (κ3) is 7.33. The molecule has 48 heavy (non-hydrogen) atoms. The number of pyridine rings is 1. The highest BCUT2D eigenvalue weighted by Crippen LogP contribution is 2.47. The van der Waals surface area contributed by atoms with Gasteiger partial charge in [-0.2, -0.15) is 26.3 Å². The van der Waals surface area contributed by atoms with Crippen molar-refractivity contribution in [1.82, 2.24) is 15.2 Å². The molecule has 2 aromatic carbocycles. The van der Waals surface area contributed by atoms with E-state index in [-0.39, 0.29) is 19.1 Å². The number of benzene rings is 2. The summed E-state index contributed by atoms with van der Waals surface area (Å²) < 4.78 is 105. The molecule has 1 N–H and O–H groups in total. The lowest BCUT2D eigenvalue weighted by molar-refractivity contribution is -0.384. The van der Waals surface area contributed by atoms with Crippen molar-refractivity contribution in [2.24, 2.45) is 0 Å². The number of fused-ring (bicyclic) bond motifs is 5. The maximum absolute atomic E-state index is 15.1. The van der Waals surface area contributed by atoms with Crippen LogP contribution in [0.5, 0.6) is 0 Å². The lowest BCUT2D eigenvalue weighted by Crippen LogP contribution is -2.46. The van der Waals surface area contributed by atoms with E-state index in [4.69, 9.17) is 13.9 Å². The third-order valence-electron chi connectivity index (χ3n) is 7.73. The zero-order valence-corrected chi connectivity index (χ0v) is 25.5. The number of anilines is 1. The van der Waals surface area contributed by atoms with Crippen molar-refractivity contribution in [2.75, 3.05) is 5.32 Å². The minimum Gasteiger partial charge on any atom is -0.415 e. The largest absolute Gasteiger partial charge is 0.426 e. The summed E-state index contributed by atoms with van der Waals surface area (Å²) in [6.07, 6.45) is -9.61. The van der Waals surface area contributed by atoms with E-state index >= 15 is 13.2 Å². The van der Waals surface area contributed by atoms with Gasteiger partial charge in [0.1, 0.15) is 11.4 Å². The first-order valence-corrected chi connectivity index (χ1v) is 14.5. The van der Waals surface area contributed by atoms with Gasteiger partial charge in [0.2, 0.25) is 11.3 Å². The standard InChI is InChI=1S/C32H29F6N5O5/c1-29(2)24(46-18-20-11-5-3-6-12-20)15-9-10-16-30(32(36,37)38,47-19-21-13-7-4-8-14-21)28-42-41-27(48-28)25-23(43(44)45)17-22(31(33,34)35)26(39-25)40-29/h3-14,17,24H,15-16,18-19H2,1-2H3,(H,39,40)/b10-9-/t24?,30-/m1/s1. The number of rotatable bonds is 7. The number of nitrogens with one attached hydrogen (secondary N) is 1. The number of halogens is 6. The van der Waals surface area contributed by atoms with Gasteiger partial charge < -0.3 is 19.2 Å². The van der Waals surface area contributed by atoms with Crippen LogP contribution in [0.25, 0.3) is 11.6 Å². The summed E-state index contributed by atoms with van der Waals surface area (Å²) in [6.45, 7) is 2.50. The zero-order valence-electron chi connectivity index (χ0n) is 25.5.